The van der Waals surface area contributed by atoms with E-state index in [2.05, 4.69) is 15.0 Å². The summed E-state index contributed by atoms with van der Waals surface area (Å²) in [6, 6.07) is 7.74. The fourth-order valence-corrected chi connectivity index (χ4v) is 3.35. The van der Waals surface area contributed by atoms with Gasteiger partial charge in [0, 0.05) is 24.7 Å². The van der Waals surface area contributed by atoms with Gasteiger partial charge in [-0.25, -0.2) is 0 Å². The van der Waals surface area contributed by atoms with Gasteiger partial charge in [-0.3, -0.25) is 4.90 Å². The van der Waals surface area contributed by atoms with Crippen LogP contribution < -0.4 is 10.1 Å². The number of halogens is 2. The lowest BCUT2D eigenvalue weighted by Crippen LogP contribution is -2.43. The molecule has 1 N–H and O–H groups in total. The maximum Gasteiger partial charge on any atom is 0.387 e. The van der Waals surface area contributed by atoms with Crippen LogP contribution >= 0.6 is 0 Å². The minimum Gasteiger partial charge on any atom is -0.434 e. The van der Waals surface area contributed by atoms with E-state index in [1.54, 1.807) is 12.1 Å². The van der Waals surface area contributed by atoms with E-state index in [0.717, 1.165) is 31.6 Å². The van der Waals surface area contributed by atoms with Crippen molar-refractivity contribution in [2.24, 2.45) is 5.92 Å². The van der Waals surface area contributed by atoms with Gasteiger partial charge in [-0.15, -0.1) is 0 Å². The van der Waals surface area contributed by atoms with Gasteiger partial charge >= 0.3 is 6.61 Å². The number of piperidine rings is 1. The molecule has 1 aromatic rings. The smallest absolute Gasteiger partial charge is 0.387 e. The highest BCUT2D eigenvalue weighted by Gasteiger charge is 2.32. The first kappa shape index (κ1) is 13.8. The highest BCUT2D eigenvalue weighted by Crippen LogP contribution is 2.28. The van der Waals surface area contributed by atoms with E-state index < -0.39 is 6.61 Å². The summed E-state index contributed by atoms with van der Waals surface area (Å²) in [6.07, 6.45) is 2.36. The number of rotatable bonds is 4. The van der Waals surface area contributed by atoms with Gasteiger partial charge in [-0.2, -0.15) is 8.78 Å². The molecule has 0 aromatic heterocycles. The molecule has 2 heterocycles. The average Bonchev–Trinajstić information content (AvgIpc) is 2.88. The Morgan fingerprint density at radius 3 is 3.00 bits per heavy atom. The molecule has 2 fully saturated rings. The molecule has 0 bridgehead atoms. The molecule has 0 spiro atoms. The van der Waals surface area contributed by atoms with Crippen molar-refractivity contribution in [2.45, 2.75) is 32.0 Å². The molecule has 2 aliphatic heterocycles. The largest absolute Gasteiger partial charge is 0.434 e. The summed E-state index contributed by atoms with van der Waals surface area (Å²) in [5.41, 5.74) is 0.845. The lowest BCUT2D eigenvalue weighted by Gasteiger charge is -2.35. The van der Waals surface area contributed by atoms with Crippen molar-refractivity contribution < 1.29 is 13.5 Å². The molecular weight excluding hydrogens is 262 g/mol. The summed E-state index contributed by atoms with van der Waals surface area (Å²) in [5, 5.41) is 3.53. The average molecular weight is 282 g/mol. The molecule has 0 radical (unpaired) electrons. The van der Waals surface area contributed by atoms with Crippen LogP contribution in [0.1, 0.15) is 18.4 Å². The molecule has 3 nitrogen and oxygen atoms in total. The van der Waals surface area contributed by atoms with Crippen molar-refractivity contribution in [3.05, 3.63) is 29.8 Å². The number of para-hydroxylation sites is 1. The number of benzene rings is 1. The van der Waals surface area contributed by atoms with Crippen LogP contribution in [0.25, 0.3) is 0 Å². The van der Waals surface area contributed by atoms with Crippen molar-refractivity contribution in [2.75, 3.05) is 19.6 Å². The van der Waals surface area contributed by atoms with Gasteiger partial charge in [-0.1, -0.05) is 18.2 Å². The first-order chi connectivity index (χ1) is 9.72. The van der Waals surface area contributed by atoms with Gasteiger partial charge in [0.1, 0.15) is 5.75 Å². The molecule has 110 valence electrons. The molecular formula is C15H20F2N2O. The number of ether oxygens (including phenoxy) is 1. The molecule has 0 aliphatic carbocycles. The number of alkyl halides is 2. The second kappa shape index (κ2) is 6.06. The van der Waals surface area contributed by atoms with Crippen molar-refractivity contribution in [3.8, 4) is 5.75 Å². The normalized spacial score (nSPS) is 26.8. The topological polar surface area (TPSA) is 24.5 Å². The first-order valence-electron chi connectivity index (χ1n) is 7.21. The van der Waals surface area contributed by atoms with Gasteiger partial charge in [0.25, 0.3) is 0 Å². The number of hydrogen-bond acceptors (Lipinski definition) is 3. The molecule has 2 saturated heterocycles. The predicted molar refractivity (Wildman–Crippen MR) is 72.9 cm³/mol. The number of nitrogens with one attached hydrogen (secondary N) is 1. The summed E-state index contributed by atoms with van der Waals surface area (Å²) in [6.45, 7) is 1.08. The molecule has 2 atom stereocenters. The van der Waals surface area contributed by atoms with Crippen LogP contribution in [0.5, 0.6) is 5.75 Å². The SMILES string of the molecule is FC(F)Oc1ccccc1CN1CCC2NCCC2C1. The number of nitrogens with zero attached hydrogens (tertiary/aromatic N) is 1. The zero-order chi connectivity index (χ0) is 13.9. The lowest BCUT2D eigenvalue weighted by atomic mass is 9.93. The Kier molecular flexibility index (Phi) is 4.17. The van der Waals surface area contributed by atoms with Crippen LogP contribution in [0.15, 0.2) is 24.3 Å². The van der Waals surface area contributed by atoms with E-state index >= 15 is 0 Å². The molecule has 5 heteroatoms. The van der Waals surface area contributed by atoms with E-state index in [-0.39, 0.29) is 0 Å². The molecule has 1 aromatic carbocycles. The van der Waals surface area contributed by atoms with Gasteiger partial charge in [0.05, 0.1) is 0 Å². The Morgan fingerprint density at radius 2 is 2.15 bits per heavy atom. The van der Waals surface area contributed by atoms with Crippen LogP contribution in [0.2, 0.25) is 0 Å². The predicted octanol–water partition coefficient (Wildman–Crippen LogP) is 2.47. The monoisotopic (exact) mass is 282 g/mol. The summed E-state index contributed by atoms with van der Waals surface area (Å²) in [5.74, 6) is 1.00. The number of hydrogen-bond donors (Lipinski definition) is 1. The van der Waals surface area contributed by atoms with Crippen LogP contribution in [-0.4, -0.2) is 37.2 Å². The zero-order valence-electron chi connectivity index (χ0n) is 11.4. The Labute approximate surface area is 117 Å². The fraction of sp³-hybridized carbons (Fsp3) is 0.600. The summed E-state index contributed by atoms with van der Waals surface area (Å²) >= 11 is 0. The third kappa shape index (κ3) is 3.10. The van der Waals surface area contributed by atoms with Crippen molar-refractivity contribution in [1.29, 1.82) is 0 Å². The maximum absolute atomic E-state index is 12.4. The Morgan fingerprint density at radius 1 is 1.30 bits per heavy atom. The van der Waals surface area contributed by atoms with Crippen molar-refractivity contribution in [3.63, 3.8) is 0 Å². The standard InChI is InChI=1S/C15H20F2N2O/c16-15(17)20-14-4-2-1-3-12(14)10-19-8-6-13-11(9-19)5-7-18-13/h1-4,11,13,15,18H,5-10H2. The van der Waals surface area contributed by atoms with E-state index in [0.29, 0.717) is 24.3 Å². The van der Waals surface area contributed by atoms with Gasteiger partial charge in [0.2, 0.25) is 0 Å². The molecule has 20 heavy (non-hydrogen) atoms. The van der Waals surface area contributed by atoms with Crippen LogP contribution in [0, 0.1) is 5.92 Å². The summed E-state index contributed by atoms with van der Waals surface area (Å²) in [7, 11) is 0. The van der Waals surface area contributed by atoms with Crippen LogP contribution in [0.3, 0.4) is 0 Å². The third-order valence-corrected chi connectivity index (χ3v) is 4.32. The Hall–Kier alpha value is -1.20. The minimum absolute atomic E-state index is 0.300. The first-order valence-corrected chi connectivity index (χ1v) is 7.21. The van der Waals surface area contributed by atoms with Crippen molar-refractivity contribution in [1.82, 2.24) is 10.2 Å². The molecule has 2 aliphatic rings. The molecule has 0 saturated carbocycles. The van der Waals surface area contributed by atoms with Gasteiger partial charge in [-0.05, 0) is 37.9 Å². The van der Waals surface area contributed by atoms with E-state index in [1.165, 1.54) is 6.42 Å². The second-order valence-electron chi connectivity index (χ2n) is 5.62. The van der Waals surface area contributed by atoms with Gasteiger partial charge in [0.15, 0.2) is 0 Å². The highest BCUT2D eigenvalue weighted by atomic mass is 19.3. The van der Waals surface area contributed by atoms with Crippen LogP contribution in [0.4, 0.5) is 8.78 Å². The van der Waals surface area contributed by atoms with E-state index in [4.69, 9.17) is 0 Å². The molecule has 3 rings (SSSR count). The zero-order valence-corrected chi connectivity index (χ0v) is 11.4. The van der Waals surface area contributed by atoms with Crippen LogP contribution in [-0.2, 0) is 6.54 Å². The molecule has 2 unspecified atom stereocenters. The summed E-state index contributed by atoms with van der Waals surface area (Å²) < 4.78 is 29.4. The summed E-state index contributed by atoms with van der Waals surface area (Å²) in [4.78, 5) is 2.35. The Bertz CT molecular complexity index is 455. The lowest BCUT2D eigenvalue weighted by molar-refractivity contribution is -0.0508. The minimum atomic E-state index is -2.76. The Balaban J connectivity index is 1.65. The van der Waals surface area contributed by atoms with Gasteiger partial charge < -0.3 is 10.1 Å². The number of fused-ring (bicyclic) bond motifs is 1. The maximum atomic E-state index is 12.4. The second-order valence-corrected chi connectivity index (χ2v) is 5.62. The fourth-order valence-electron chi connectivity index (χ4n) is 3.35. The number of likely N-dealkylation sites (tertiary alicyclic amines) is 1. The third-order valence-electron chi connectivity index (χ3n) is 4.32. The van der Waals surface area contributed by atoms with E-state index in [1.807, 2.05) is 12.1 Å². The quantitative estimate of drug-likeness (QED) is 0.918. The molecule has 0 amide bonds. The van der Waals surface area contributed by atoms with E-state index in [9.17, 15) is 8.78 Å². The van der Waals surface area contributed by atoms with Crippen molar-refractivity contribution >= 4 is 0 Å². The highest BCUT2D eigenvalue weighted by molar-refractivity contribution is 5.33.